The van der Waals surface area contributed by atoms with Crippen molar-refractivity contribution in [3.05, 3.63) is 23.3 Å². The van der Waals surface area contributed by atoms with Crippen LogP contribution in [0.4, 0.5) is 10.5 Å². The molecule has 0 aliphatic heterocycles. The van der Waals surface area contributed by atoms with Gasteiger partial charge in [-0.15, -0.1) is 0 Å². The molecular formula is C20H36N4O2. The Morgan fingerprint density at radius 3 is 2.12 bits per heavy atom. The third-order valence-corrected chi connectivity index (χ3v) is 4.81. The zero-order valence-corrected chi connectivity index (χ0v) is 16.4. The summed E-state index contributed by atoms with van der Waals surface area (Å²) in [5.74, 6) is 11.3. The third kappa shape index (κ3) is 7.22. The molecule has 2 amide bonds. The minimum atomic E-state index is -0.578. The van der Waals surface area contributed by atoms with Crippen molar-refractivity contribution in [2.45, 2.75) is 84.5 Å². The van der Waals surface area contributed by atoms with Crippen LogP contribution in [-0.2, 0) is 12.8 Å². The van der Waals surface area contributed by atoms with Gasteiger partial charge < -0.3 is 5.11 Å². The predicted molar refractivity (Wildman–Crippen MR) is 108 cm³/mol. The molecule has 0 radical (unpaired) electrons. The molecule has 6 N–H and O–H groups in total. The number of rotatable bonds is 12. The average molecular weight is 365 g/mol. The molecule has 1 aromatic rings. The molecule has 0 aliphatic carbocycles. The number of hydrogen-bond donors (Lipinski definition) is 4. The molecule has 0 heterocycles. The molecule has 0 bridgehead atoms. The van der Waals surface area contributed by atoms with Crippen molar-refractivity contribution >= 4 is 11.7 Å². The van der Waals surface area contributed by atoms with E-state index in [0.29, 0.717) is 12.1 Å². The molecule has 1 aromatic carbocycles. The number of nitrogens with two attached hydrogens (primary N) is 2. The number of anilines is 1. The van der Waals surface area contributed by atoms with Crippen molar-refractivity contribution in [2.75, 3.05) is 5.01 Å². The number of hydrogen-bond acceptors (Lipinski definition) is 4. The number of benzene rings is 1. The first-order chi connectivity index (χ1) is 12.5. The summed E-state index contributed by atoms with van der Waals surface area (Å²) in [4.78, 5) is 11.8. The maximum atomic E-state index is 11.8. The Bertz CT molecular complexity index is 549. The van der Waals surface area contributed by atoms with Crippen LogP contribution in [0.5, 0.6) is 5.75 Å². The van der Waals surface area contributed by atoms with Crippen LogP contribution in [-0.4, -0.2) is 11.1 Å². The van der Waals surface area contributed by atoms with Crippen LogP contribution in [0.2, 0.25) is 0 Å². The summed E-state index contributed by atoms with van der Waals surface area (Å²) in [6, 6.07) is 2.92. The molecular weight excluding hydrogens is 328 g/mol. The lowest BCUT2D eigenvalue weighted by Crippen LogP contribution is -2.48. The van der Waals surface area contributed by atoms with E-state index in [1.165, 1.54) is 44.9 Å². The Kier molecular flexibility index (Phi) is 10.7. The molecule has 0 aromatic heterocycles. The zero-order chi connectivity index (χ0) is 19.4. The molecule has 6 nitrogen and oxygen atoms in total. The van der Waals surface area contributed by atoms with E-state index in [9.17, 15) is 9.90 Å². The maximum absolute atomic E-state index is 11.8. The number of phenolic OH excluding ortho intramolecular Hbond substituents is 1. The SMILES string of the molecule is CCCCCCCCCCCc1cc(O)c(CC)cc1N(N)C(=O)NN. The number of amides is 2. The van der Waals surface area contributed by atoms with E-state index in [2.05, 4.69) is 6.92 Å². The number of aromatic hydroxyl groups is 1. The van der Waals surface area contributed by atoms with Crippen molar-refractivity contribution < 1.29 is 9.90 Å². The summed E-state index contributed by atoms with van der Waals surface area (Å²) in [5, 5.41) is 11.2. The Morgan fingerprint density at radius 2 is 1.58 bits per heavy atom. The summed E-state index contributed by atoms with van der Waals surface area (Å²) < 4.78 is 0. The van der Waals surface area contributed by atoms with Crippen molar-refractivity contribution in [3.63, 3.8) is 0 Å². The normalized spacial score (nSPS) is 10.8. The van der Waals surface area contributed by atoms with Crippen molar-refractivity contribution in [2.24, 2.45) is 11.7 Å². The van der Waals surface area contributed by atoms with Gasteiger partial charge in [0.15, 0.2) is 0 Å². The standard InChI is InChI=1S/C20H36N4O2/c1-3-5-6-7-8-9-10-11-12-13-17-15-19(25)16(4-2)14-18(17)24(22)20(26)23-21/h14-15,25H,3-13,21-22H2,1-2H3,(H,23,26). The number of urea groups is 1. The molecule has 26 heavy (non-hydrogen) atoms. The van der Waals surface area contributed by atoms with Gasteiger partial charge in [-0.25, -0.2) is 21.5 Å². The lowest BCUT2D eigenvalue weighted by atomic mass is 9.99. The fraction of sp³-hybridized carbons (Fsp3) is 0.650. The fourth-order valence-corrected chi connectivity index (χ4v) is 3.18. The largest absolute Gasteiger partial charge is 0.508 e. The second-order valence-corrected chi connectivity index (χ2v) is 6.86. The molecule has 0 fully saturated rings. The monoisotopic (exact) mass is 364 g/mol. The molecule has 0 saturated heterocycles. The molecule has 0 atom stereocenters. The number of nitrogens with one attached hydrogen (secondary N) is 1. The number of nitrogens with zero attached hydrogens (tertiary/aromatic N) is 1. The molecule has 6 heteroatoms. The first kappa shape index (κ1) is 22.3. The van der Waals surface area contributed by atoms with E-state index in [4.69, 9.17) is 11.7 Å². The van der Waals surface area contributed by atoms with Gasteiger partial charge in [0.1, 0.15) is 5.75 Å². The summed E-state index contributed by atoms with van der Waals surface area (Å²) in [7, 11) is 0. The van der Waals surface area contributed by atoms with E-state index >= 15 is 0 Å². The van der Waals surface area contributed by atoms with Crippen LogP contribution >= 0.6 is 0 Å². The van der Waals surface area contributed by atoms with E-state index in [1.54, 1.807) is 12.1 Å². The smallest absolute Gasteiger partial charge is 0.350 e. The number of unbranched alkanes of at least 4 members (excludes halogenated alkanes) is 8. The van der Waals surface area contributed by atoms with E-state index < -0.39 is 6.03 Å². The van der Waals surface area contributed by atoms with Gasteiger partial charge in [-0.3, -0.25) is 5.43 Å². The third-order valence-electron chi connectivity index (χ3n) is 4.81. The van der Waals surface area contributed by atoms with Gasteiger partial charge in [-0.05, 0) is 42.5 Å². The van der Waals surface area contributed by atoms with Gasteiger partial charge in [0.05, 0.1) is 5.69 Å². The molecule has 0 saturated carbocycles. The molecule has 0 aliphatic rings. The number of phenols is 1. The number of carbonyl (C=O) groups is 1. The molecule has 0 unspecified atom stereocenters. The lowest BCUT2D eigenvalue weighted by molar-refractivity contribution is 0.246. The van der Waals surface area contributed by atoms with E-state index in [1.807, 2.05) is 12.3 Å². The average Bonchev–Trinajstić information content (AvgIpc) is 2.65. The van der Waals surface area contributed by atoms with Crippen LogP contribution in [0.15, 0.2) is 12.1 Å². The molecule has 1 rings (SSSR count). The zero-order valence-electron chi connectivity index (χ0n) is 16.4. The van der Waals surface area contributed by atoms with Crippen molar-refractivity contribution in [1.82, 2.24) is 5.43 Å². The van der Waals surface area contributed by atoms with E-state index in [0.717, 1.165) is 35.4 Å². The number of hydrazine groups is 2. The highest BCUT2D eigenvalue weighted by Gasteiger charge is 2.17. The van der Waals surface area contributed by atoms with Gasteiger partial charge in [0, 0.05) is 0 Å². The molecule has 0 spiro atoms. The van der Waals surface area contributed by atoms with Crippen LogP contribution in [0.3, 0.4) is 0 Å². The highest BCUT2D eigenvalue weighted by atomic mass is 16.3. The van der Waals surface area contributed by atoms with Crippen molar-refractivity contribution in [3.8, 4) is 5.75 Å². The lowest BCUT2D eigenvalue weighted by Gasteiger charge is -2.21. The van der Waals surface area contributed by atoms with Crippen LogP contribution in [0, 0.1) is 0 Å². The minimum Gasteiger partial charge on any atom is -0.508 e. The van der Waals surface area contributed by atoms with Gasteiger partial charge in [-0.2, -0.15) is 0 Å². The highest BCUT2D eigenvalue weighted by Crippen LogP contribution is 2.30. The van der Waals surface area contributed by atoms with Gasteiger partial charge in [0.2, 0.25) is 0 Å². The van der Waals surface area contributed by atoms with Crippen LogP contribution in [0.1, 0.15) is 82.8 Å². The summed E-state index contributed by atoms with van der Waals surface area (Å²) >= 11 is 0. The highest BCUT2D eigenvalue weighted by molar-refractivity contribution is 5.91. The Labute approximate surface area is 157 Å². The van der Waals surface area contributed by atoms with E-state index in [-0.39, 0.29) is 5.75 Å². The quantitative estimate of drug-likeness (QED) is 0.192. The summed E-state index contributed by atoms with van der Waals surface area (Å²) in [5.41, 5.74) is 4.28. The summed E-state index contributed by atoms with van der Waals surface area (Å²) in [6.45, 7) is 4.18. The Morgan fingerprint density at radius 1 is 1.00 bits per heavy atom. The number of carbonyl (C=O) groups excluding carboxylic acids is 1. The van der Waals surface area contributed by atoms with Gasteiger partial charge in [-0.1, -0.05) is 65.2 Å². The predicted octanol–water partition coefficient (Wildman–Crippen LogP) is 4.29. The first-order valence-corrected chi connectivity index (χ1v) is 9.95. The Hall–Kier alpha value is -1.79. The van der Waals surface area contributed by atoms with Crippen LogP contribution in [0.25, 0.3) is 0 Å². The van der Waals surface area contributed by atoms with Crippen LogP contribution < -0.4 is 22.1 Å². The second-order valence-electron chi connectivity index (χ2n) is 6.86. The minimum absolute atomic E-state index is 0.253. The first-order valence-electron chi connectivity index (χ1n) is 9.95. The Balaban J connectivity index is 2.56. The van der Waals surface area contributed by atoms with Gasteiger partial charge in [0.25, 0.3) is 0 Å². The fourth-order valence-electron chi connectivity index (χ4n) is 3.18. The number of aryl methyl sites for hydroxylation is 2. The molecule has 148 valence electrons. The summed E-state index contributed by atoms with van der Waals surface area (Å²) in [6.07, 6.45) is 12.7. The maximum Gasteiger partial charge on any atom is 0.350 e. The second kappa shape index (κ2) is 12.5. The van der Waals surface area contributed by atoms with Gasteiger partial charge >= 0.3 is 6.03 Å². The topological polar surface area (TPSA) is 105 Å². The van der Waals surface area contributed by atoms with Crippen molar-refractivity contribution in [1.29, 1.82) is 0 Å².